The fourth-order valence-electron chi connectivity index (χ4n) is 3.10. The van der Waals surface area contributed by atoms with Crippen molar-refractivity contribution in [2.24, 2.45) is 11.8 Å². The molecule has 0 N–H and O–H groups in total. The molecule has 0 bridgehead atoms. The summed E-state index contributed by atoms with van der Waals surface area (Å²) >= 11 is 6.86. The standard InChI is InChI=1S/C11H15ClN2O2S2/c1-7-10(17-11(12)13-7)18(15,16)14-5-8-3-2-4-9(8)6-14/h8-9H,2-6H2,1H3. The van der Waals surface area contributed by atoms with Gasteiger partial charge in [0.1, 0.15) is 0 Å². The predicted molar refractivity (Wildman–Crippen MR) is 71.5 cm³/mol. The van der Waals surface area contributed by atoms with E-state index >= 15 is 0 Å². The van der Waals surface area contributed by atoms with E-state index in [0.29, 0.717) is 39.3 Å². The predicted octanol–water partition coefficient (Wildman–Crippen LogP) is 2.53. The van der Waals surface area contributed by atoms with Crippen LogP contribution in [0.2, 0.25) is 4.47 Å². The Morgan fingerprint density at radius 3 is 2.44 bits per heavy atom. The van der Waals surface area contributed by atoms with Gasteiger partial charge in [-0.1, -0.05) is 29.4 Å². The van der Waals surface area contributed by atoms with Gasteiger partial charge in [0.2, 0.25) is 0 Å². The van der Waals surface area contributed by atoms with Gasteiger partial charge in [0.05, 0.1) is 5.69 Å². The largest absolute Gasteiger partial charge is 0.254 e. The molecule has 0 radical (unpaired) electrons. The number of aromatic nitrogens is 1. The van der Waals surface area contributed by atoms with Crippen LogP contribution in [0.4, 0.5) is 0 Å². The average molecular weight is 307 g/mol. The van der Waals surface area contributed by atoms with Crippen molar-refractivity contribution in [2.45, 2.75) is 30.4 Å². The monoisotopic (exact) mass is 306 g/mol. The maximum absolute atomic E-state index is 12.5. The number of hydrogen-bond donors (Lipinski definition) is 0. The molecule has 7 heteroatoms. The van der Waals surface area contributed by atoms with Crippen LogP contribution in [-0.2, 0) is 10.0 Å². The lowest BCUT2D eigenvalue weighted by Gasteiger charge is -2.16. The molecule has 4 nitrogen and oxygen atoms in total. The van der Waals surface area contributed by atoms with Crippen LogP contribution in [0.3, 0.4) is 0 Å². The molecule has 100 valence electrons. The Morgan fingerprint density at radius 1 is 1.33 bits per heavy atom. The van der Waals surface area contributed by atoms with E-state index in [1.165, 1.54) is 19.3 Å². The molecule has 1 aliphatic carbocycles. The summed E-state index contributed by atoms with van der Waals surface area (Å²) < 4.78 is 27.3. The van der Waals surface area contributed by atoms with Gasteiger partial charge in [-0.15, -0.1) is 0 Å². The second kappa shape index (κ2) is 4.44. The molecule has 1 aromatic heterocycles. The lowest BCUT2D eigenvalue weighted by Crippen LogP contribution is -2.29. The van der Waals surface area contributed by atoms with Crippen LogP contribution in [-0.4, -0.2) is 30.8 Å². The molecule has 0 spiro atoms. The van der Waals surface area contributed by atoms with Gasteiger partial charge in [0, 0.05) is 13.1 Å². The molecule has 1 aliphatic heterocycles. The Bertz CT molecular complexity index is 558. The van der Waals surface area contributed by atoms with E-state index < -0.39 is 10.0 Å². The van der Waals surface area contributed by atoms with Crippen LogP contribution in [0.1, 0.15) is 25.0 Å². The minimum absolute atomic E-state index is 0.297. The molecule has 1 saturated carbocycles. The highest BCUT2D eigenvalue weighted by Gasteiger charge is 2.42. The van der Waals surface area contributed by atoms with Crippen molar-refractivity contribution in [2.75, 3.05) is 13.1 Å². The third-order valence-corrected chi connectivity index (χ3v) is 7.68. The second-order valence-corrected chi connectivity index (χ2v) is 8.83. The molecule has 2 unspecified atom stereocenters. The zero-order chi connectivity index (χ0) is 12.9. The van der Waals surface area contributed by atoms with Gasteiger partial charge in [-0.05, 0) is 31.6 Å². The van der Waals surface area contributed by atoms with E-state index in [1.807, 2.05) is 0 Å². The number of hydrogen-bond acceptors (Lipinski definition) is 4. The van der Waals surface area contributed by atoms with Crippen LogP contribution >= 0.6 is 22.9 Å². The van der Waals surface area contributed by atoms with Crippen LogP contribution in [0.15, 0.2) is 4.21 Å². The van der Waals surface area contributed by atoms with Crippen LogP contribution < -0.4 is 0 Å². The highest BCUT2D eigenvalue weighted by atomic mass is 35.5. The minimum atomic E-state index is -3.39. The van der Waals surface area contributed by atoms with Gasteiger partial charge in [-0.25, -0.2) is 13.4 Å². The van der Waals surface area contributed by atoms with Crippen LogP contribution in [0, 0.1) is 18.8 Å². The lowest BCUT2D eigenvalue weighted by molar-refractivity contribution is 0.446. The first-order valence-electron chi connectivity index (χ1n) is 6.11. The summed E-state index contributed by atoms with van der Waals surface area (Å²) in [6.45, 7) is 3.04. The van der Waals surface area contributed by atoms with Crippen molar-refractivity contribution in [3.05, 3.63) is 10.2 Å². The summed E-state index contributed by atoms with van der Waals surface area (Å²) in [7, 11) is -3.39. The summed E-state index contributed by atoms with van der Waals surface area (Å²) in [5, 5.41) is 0. The van der Waals surface area contributed by atoms with Gasteiger partial charge in [-0.3, -0.25) is 0 Å². The van der Waals surface area contributed by atoms with Crippen molar-refractivity contribution in [1.29, 1.82) is 0 Å². The molecule has 18 heavy (non-hydrogen) atoms. The molecule has 0 amide bonds. The van der Waals surface area contributed by atoms with E-state index in [2.05, 4.69) is 4.98 Å². The molecule has 3 rings (SSSR count). The molecule has 0 aromatic carbocycles. The zero-order valence-corrected chi connectivity index (χ0v) is 12.5. The second-order valence-electron chi connectivity index (χ2n) is 5.11. The van der Waals surface area contributed by atoms with E-state index in [4.69, 9.17) is 11.6 Å². The normalized spacial score (nSPS) is 28.8. The first-order chi connectivity index (χ1) is 8.48. The quantitative estimate of drug-likeness (QED) is 0.843. The average Bonchev–Trinajstić information content (AvgIpc) is 2.90. The Hall–Kier alpha value is -0.170. The number of fused-ring (bicyclic) bond motifs is 1. The number of sulfonamides is 1. The lowest BCUT2D eigenvalue weighted by atomic mass is 10.0. The summed E-state index contributed by atoms with van der Waals surface area (Å²) in [6.07, 6.45) is 3.58. The topological polar surface area (TPSA) is 50.3 Å². The summed E-state index contributed by atoms with van der Waals surface area (Å²) in [5.74, 6) is 1.12. The van der Waals surface area contributed by atoms with Gasteiger partial charge in [0.25, 0.3) is 10.0 Å². The van der Waals surface area contributed by atoms with E-state index in [-0.39, 0.29) is 0 Å². The van der Waals surface area contributed by atoms with Gasteiger partial charge in [0.15, 0.2) is 8.68 Å². The zero-order valence-electron chi connectivity index (χ0n) is 10.1. The van der Waals surface area contributed by atoms with Gasteiger partial charge in [-0.2, -0.15) is 4.31 Å². The maximum Gasteiger partial charge on any atom is 0.254 e. The molecule has 2 aliphatic rings. The molecule has 1 saturated heterocycles. The smallest absolute Gasteiger partial charge is 0.229 e. The molecule has 1 aromatic rings. The SMILES string of the molecule is Cc1nc(Cl)sc1S(=O)(=O)N1CC2CCCC2C1. The maximum atomic E-state index is 12.5. The summed E-state index contributed by atoms with van der Waals surface area (Å²) in [5.41, 5.74) is 0.516. The number of nitrogens with zero attached hydrogens (tertiary/aromatic N) is 2. The first kappa shape index (κ1) is 12.8. The number of rotatable bonds is 2. The Labute approximate surface area is 116 Å². The first-order valence-corrected chi connectivity index (χ1v) is 8.75. The molecule has 2 atom stereocenters. The molecule has 2 fully saturated rings. The Morgan fingerprint density at radius 2 is 1.94 bits per heavy atom. The third-order valence-electron chi connectivity index (χ3n) is 3.99. The molecular weight excluding hydrogens is 292 g/mol. The van der Waals surface area contributed by atoms with E-state index in [1.54, 1.807) is 11.2 Å². The Kier molecular flexibility index (Phi) is 3.17. The fourth-order valence-corrected chi connectivity index (χ4v) is 6.52. The number of aryl methyl sites for hydroxylation is 1. The summed E-state index contributed by atoms with van der Waals surface area (Å²) in [4.78, 5) is 4.00. The molecular formula is C11H15ClN2O2S2. The minimum Gasteiger partial charge on any atom is -0.229 e. The molecule has 2 heterocycles. The summed E-state index contributed by atoms with van der Waals surface area (Å²) in [6, 6.07) is 0. The van der Waals surface area contributed by atoms with E-state index in [9.17, 15) is 8.42 Å². The van der Waals surface area contributed by atoms with Crippen LogP contribution in [0.25, 0.3) is 0 Å². The highest BCUT2D eigenvalue weighted by Crippen LogP contribution is 2.41. The van der Waals surface area contributed by atoms with Crippen molar-refractivity contribution < 1.29 is 8.42 Å². The van der Waals surface area contributed by atoms with Crippen molar-refractivity contribution >= 4 is 33.0 Å². The van der Waals surface area contributed by atoms with Crippen LogP contribution in [0.5, 0.6) is 0 Å². The van der Waals surface area contributed by atoms with Crippen molar-refractivity contribution in [3.8, 4) is 0 Å². The Balaban J connectivity index is 1.90. The number of thiazole rings is 1. The van der Waals surface area contributed by atoms with Gasteiger partial charge < -0.3 is 0 Å². The fraction of sp³-hybridized carbons (Fsp3) is 0.727. The highest BCUT2D eigenvalue weighted by molar-refractivity contribution is 7.91. The van der Waals surface area contributed by atoms with Crippen molar-refractivity contribution in [1.82, 2.24) is 9.29 Å². The van der Waals surface area contributed by atoms with Gasteiger partial charge >= 0.3 is 0 Å². The number of halogens is 1. The van der Waals surface area contributed by atoms with E-state index in [0.717, 1.165) is 11.3 Å². The van der Waals surface area contributed by atoms with Crippen molar-refractivity contribution in [3.63, 3.8) is 0 Å². The third kappa shape index (κ3) is 1.99.